The minimum Gasteiger partial charge on any atom is -0.455 e. The predicted octanol–water partition coefficient (Wildman–Crippen LogP) is 6.36. The number of rotatable bonds is 2. The molecular formula is C26H22NO+. The molecule has 0 aliphatic rings. The summed E-state index contributed by atoms with van der Waals surface area (Å²) in [6, 6.07) is 25.8. The maximum atomic E-state index is 6.45. The van der Waals surface area contributed by atoms with Crippen LogP contribution < -0.4 is 4.57 Å². The Morgan fingerprint density at radius 3 is 2.29 bits per heavy atom. The summed E-state index contributed by atoms with van der Waals surface area (Å²) in [5.74, 6) is 0. The van der Waals surface area contributed by atoms with Gasteiger partial charge in [0.2, 0.25) is 5.69 Å². The van der Waals surface area contributed by atoms with Crippen LogP contribution in [0.15, 0.2) is 83.4 Å². The average Bonchev–Trinajstić information content (AvgIpc) is 3.07. The maximum Gasteiger partial charge on any atom is 0.216 e. The van der Waals surface area contributed by atoms with Crippen LogP contribution in [0.25, 0.3) is 44.3 Å². The number of benzene rings is 3. The van der Waals surface area contributed by atoms with Crippen molar-refractivity contribution in [2.75, 3.05) is 0 Å². The Morgan fingerprint density at radius 1 is 0.750 bits per heavy atom. The molecule has 2 heteroatoms. The maximum absolute atomic E-state index is 6.45. The molecule has 2 aromatic heterocycles. The second-order valence-electron chi connectivity index (χ2n) is 7.51. The molecule has 0 atom stereocenters. The van der Waals surface area contributed by atoms with Crippen molar-refractivity contribution in [3.8, 4) is 22.4 Å². The lowest BCUT2D eigenvalue weighted by Crippen LogP contribution is -2.30. The van der Waals surface area contributed by atoms with Gasteiger partial charge in [-0.15, -0.1) is 0 Å². The first-order valence-electron chi connectivity index (χ1n) is 9.60. The Kier molecular flexibility index (Phi) is 3.80. The Balaban J connectivity index is 1.77. The van der Waals surface area contributed by atoms with Gasteiger partial charge in [0.1, 0.15) is 18.2 Å². The summed E-state index contributed by atoms with van der Waals surface area (Å²) in [5, 5.41) is 2.32. The Morgan fingerprint density at radius 2 is 1.50 bits per heavy atom. The summed E-state index contributed by atoms with van der Waals surface area (Å²) < 4.78 is 8.59. The lowest BCUT2D eigenvalue weighted by Gasteiger charge is -2.04. The van der Waals surface area contributed by atoms with Crippen LogP contribution in [0.5, 0.6) is 0 Å². The molecule has 0 amide bonds. The normalized spacial score (nSPS) is 11.4. The molecule has 2 heterocycles. The fourth-order valence-corrected chi connectivity index (χ4v) is 3.97. The van der Waals surface area contributed by atoms with E-state index < -0.39 is 0 Å². The third-order valence-corrected chi connectivity index (χ3v) is 5.55. The van der Waals surface area contributed by atoms with E-state index in [4.69, 9.17) is 4.42 Å². The topological polar surface area (TPSA) is 17.0 Å². The van der Waals surface area contributed by atoms with Gasteiger partial charge in [-0.3, -0.25) is 0 Å². The number of nitrogens with zero attached hydrogens (tertiary/aromatic N) is 1. The molecule has 0 saturated heterocycles. The number of aromatic nitrogens is 1. The van der Waals surface area contributed by atoms with Crippen molar-refractivity contribution < 1.29 is 8.98 Å². The van der Waals surface area contributed by atoms with Crippen LogP contribution in [0.2, 0.25) is 0 Å². The first kappa shape index (κ1) is 16.8. The van der Waals surface area contributed by atoms with Crippen LogP contribution in [0.4, 0.5) is 0 Å². The van der Waals surface area contributed by atoms with E-state index in [1.54, 1.807) is 0 Å². The Labute approximate surface area is 164 Å². The van der Waals surface area contributed by atoms with Crippen LogP contribution in [-0.2, 0) is 7.05 Å². The van der Waals surface area contributed by atoms with Gasteiger partial charge in [0, 0.05) is 22.9 Å². The molecule has 28 heavy (non-hydrogen) atoms. The molecule has 136 valence electrons. The molecule has 0 fully saturated rings. The van der Waals surface area contributed by atoms with Crippen molar-refractivity contribution in [3.05, 3.63) is 90.1 Å². The molecule has 5 aromatic rings. The first-order valence-corrected chi connectivity index (χ1v) is 9.60. The highest BCUT2D eigenvalue weighted by atomic mass is 16.3. The minimum absolute atomic E-state index is 0.929. The standard InChI is InChI=1S/C26H22NO/c1-17-7-10-19(11-8-17)20-12-14-21-22-13-9-18(2)25(26(22)28-24(21)16-20)23-6-4-5-15-27(23)3/h4-16H,1-3H3/q+1. The highest BCUT2D eigenvalue weighted by molar-refractivity contribution is 6.10. The van der Waals surface area contributed by atoms with Crippen LogP contribution in [0, 0.1) is 13.8 Å². The van der Waals surface area contributed by atoms with Crippen LogP contribution >= 0.6 is 0 Å². The van der Waals surface area contributed by atoms with Gasteiger partial charge in [0.25, 0.3) is 0 Å². The number of hydrogen-bond acceptors (Lipinski definition) is 1. The van der Waals surface area contributed by atoms with E-state index in [9.17, 15) is 0 Å². The lowest BCUT2D eigenvalue weighted by molar-refractivity contribution is -0.660. The zero-order valence-corrected chi connectivity index (χ0v) is 16.4. The van der Waals surface area contributed by atoms with E-state index in [0.29, 0.717) is 0 Å². The molecule has 2 nitrogen and oxygen atoms in total. The van der Waals surface area contributed by atoms with Gasteiger partial charge in [0.05, 0.1) is 5.56 Å². The summed E-state index contributed by atoms with van der Waals surface area (Å²) in [5.41, 5.74) is 9.07. The lowest BCUT2D eigenvalue weighted by atomic mass is 9.99. The Hall–Kier alpha value is -3.39. The van der Waals surface area contributed by atoms with Crippen molar-refractivity contribution >= 4 is 21.9 Å². The zero-order chi connectivity index (χ0) is 19.3. The van der Waals surface area contributed by atoms with Gasteiger partial charge in [0.15, 0.2) is 6.20 Å². The van der Waals surface area contributed by atoms with Gasteiger partial charge >= 0.3 is 0 Å². The second-order valence-corrected chi connectivity index (χ2v) is 7.51. The zero-order valence-electron chi connectivity index (χ0n) is 16.4. The number of pyridine rings is 1. The van der Waals surface area contributed by atoms with Crippen molar-refractivity contribution in [3.63, 3.8) is 0 Å². The van der Waals surface area contributed by atoms with E-state index >= 15 is 0 Å². The average molecular weight is 364 g/mol. The fourth-order valence-electron chi connectivity index (χ4n) is 3.97. The molecule has 0 spiro atoms. The van der Waals surface area contributed by atoms with Crippen LogP contribution in [0.3, 0.4) is 0 Å². The molecule has 0 unspecified atom stereocenters. The van der Waals surface area contributed by atoms with Gasteiger partial charge in [-0.05, 0) is 48.7 Å². The molecule has 0 aliphatic heterocycles. The van der Waals surface area contributed by atoms with Crippen LogP contribution in [0.1, 0.15) is 11.1 Å². The highest BCUT2D eigenvalue weighted by Gasteiger charge is 2.20. The summed E-state index contributed by atoms with van der Waals surface area (Å²) in [4.78, 5) is 0. The highest BCUT2D eigenvalue weighted by Crippen LogP contribution is 2.38. The summed E-state index contributed by atoms with van der Waals surface area (Å²) in [6.45, 7) is 4.26. The first-order chi connectivity index (χ1) is 13.6. The third-order valence-electron chi connectivity index (χ3n) is 5.55. The van der Waals surface area contributed by atoms with Crippen molar-refractivity contribution in [1.82, 2.24) is 0 Å². The van der Waals surface area contributed by atoms with Gasteiger partial charge < -0.3 is 4.42 Å². The fraction of sp³-hybridized carbons (Fsp3) is 0.115. The monoisotopic (exact) mass is 364 g/mol. The van der Waals surface area contributed by atoms with E-state index in [1.165, 1.54) is 22.3 Å². The molecule has 3 aromatic carbocycles. The van der Waals surface area contributed by atoms with Crippen molar-refractivity contribution in [1.29, 1.82) is 0 Å². The largest absolute Gasteiger partial charge is 0.455 e. The molecule has 0 bridgehead atoms. The summed E-state index contributed by atoms with van der Waals surface area (Å²) in [7, 11) is 2.08. The molecule has 0 saturated carbocycles. The number of hydrogen-bond donors (Lipinski definition) is 0. The van der Waals surface area contributed by atoms with E-state index in [0.717, 1.165) is 33.2 Å². The predicted molar refractivity (Wildman–Crippen MR) is 115 cm³/mol. The number of aryl methyl sites for hydroxylation is 3. The van der Waals surface area contributed by atoms with E-state index in [2.05, 4.69) is 98.4 Å². The number of fused-ring (bicyclic) bond motifs is 3. The summed E-state index contributed by atoms with van der Waals surface area (Å²) in [6.07, 6.45) is 2.08. The van der Waals surface area contributed by atoms with E-state index in [1.807, 2.05) is 6.07 Å². The quantitative estimate of drug-likeness (QED) is 0.333. The van der Waals surface area contributed by atoms with Crippen molar-refractivity contribution in [2.45, 2.75) is 13.8 Å². The molecular weight excluding hydrogens is 342 g/mol. The van der Waals surface area contributed by atoms with Gasteiger partial charge in [-0.2, -0.15) is 0 Å². The Bertz CT molecular complexity index is 1330. The smallest absolute Gasteiger partial charge is 0.216 e. The molecule has 5 rings (SSSR count). The minimum atomic E-state index is 0.929. The van der Waals surface area contributed by atoms with Crippen LogP contribution in [-0.4, -0.2) is 0 Å². The molecule has 0 radical (unpaired) electrons. The van der Waals surface area contributed by atoms with E-state index in [-0.39, 0.29) is 0 Å². The molecule has 0 N–H and O–H groups in total. The third kappa shape index (κ3) is 2.61. The van der Waals surface area contributed by atoms with Crippen molar-refractivity contribution in [2.24, 2.45) is 7.05 Å². The summed E-state index contributed by atoms with van der Waals surface area (Å²) >= 11 is 0. The van der Waals surface area contributed by atoms with Gasteiger partial charge in [-0.1, -0.05) is 48.0 Å². The number of furan rings is 1. The van der Waals surface area contributed by atoms with Gasteiger partial charge in [-0.25, -0.2) is 4.57 Å². The molecule has 0 aliphatic carbocycles. The second kappa shape index (κ2) is 6.35. The SMILES string of the molecule is Cc1ccc(-c2ccc3c(c2)oc2c(-c4cccc[n+]4C)c(C)ccc23)cc1.